The van der Waals surface area contributed by atoms with Gasteiger partial charge in [0.2, 0.25) is 0 Å². The van der Waals surface area contributed by atoms with E-state index in [4.69, 9.17) is 23.2 Å². The summed E-state index contributed by atoms with van der Waals surface area (Å²) in [5.41, 5.74) is 3.14. The van der Waals surface area contributed by atoms with E-state index in [2.05, 4.69) is 15.4 Å². The molecule has 1 aliphatic rings. The summed E-state index contributed by atoms with van der Waals surface area (Å²) >= 11 is 12.0. The van der Waals surface area contributed by atoms with Gasteiger partial charge in [-0.3, -0.25) is 0 Å². The van der Waals surface area contributed by atoms with Crippen LogP contribution in [0.15, 0.2) is 36.5 Å². The standard InChI is InChI=1S/C18H18Cl2N4/c19-15-5-4-13(9-16(15)20)10-21-17-6-7-18-22-11-14(24(18)23-17)8-12-2-1-3-12/h4-7,9,11-12H,1-3,8,10H2,(H,21,23). The fourth-order valence-electron chi connectivity index (χ4n) is 2.99. The van der Waals surface area contributed by atoms with Crippen LogP contribution in [0.4, 0.5) is 5.82 Å². The molecule has 0 atom stereocenters. The Balaban J connectivity index is 1.51. The van der Waals surface area contributed by atoms with E-state index >= 15 is 0 Å². The molecule has 0 unspecified atom stereocenters. The first-order chi connectivity index (χ1) is 11.7. The van der Waals surface area contributed by atoms with Crippen molar-refractivity contribution in [3.8, 4) is 0 Å². The lowest BCUT2D eigenvalue weighted by Crippen LogP contribution is -2.15. The lowest BCUT2D eigenvalue weighted by atomic mass is 9.82. The number of hydrogen-bond acceptors (Lipinski definition) is 3. The van der Waals surface area contributed by atoms with Crippen LogP contribution in [0.1, 0.15) is 30.5 Å². The maximum atomic E-state index is 6.06. The first-order valence-electron chi connectivity index (χ1n) is 8.20. The van der Waals surface area contributed by atoms with Crippen LogP contribution in [-0.4, -0.2) is 14.6 Å². The Bertz CT molecular complexity index is 871. The molecule has 0 spiro atoms. The number of anilines is 1. The zero-order valence-corrected chi connectivity index (χ0v) is 14.7. The molecule has 0 aliphatic heterocycles. The van der Waals surface area contributed by atoms with Crippen LogP contribution >= 0.6 is 23.2 Å². The minimum absolute atomic E-state index is 0.566. The van der Waals surface area contributed by atoms with Crippen LogP contribution in [0.25, 0.3) is 5.65 Å². The number of benzene rings is 1. The van der Waals surface area contributed by atoms with Gasteiger partial charge < -0.3 is 5.32 Å². The number of nitrogens with zero attached hydrogens (tertiary/aromatic N) is 3. The molecule has 1 saturated carbocycles. The Hall–Kier alpha value is -1.78. The Kier molecular flexibility index (Phi) is 4.33. The van der Waals surface area contributed by atoms with Crippen LogP contribution in [0.5, 0.6) is 0 Å². The first-order valence-corrected chi connectivity index (χ1v) is 8.96. The first kappa shape index (κ1) is 15.7. The summed E-state index contributed by atoms with van der Waals surface area (Å²) in [5.74, 6) is 1.61. The zero-order chi connectivity index (χ0) is 16.5. The van der Waals surface area contributed by atoms with Crippen LogP contribution in [0, 0.1) is 5.92 Å². The average Bonchev–Trinajstić information content (AvgIpc) is 2.94. The number of nitrogens with one attached hydrogen (secondary N) is 1. The minimum atomic E-state index is 0.566. The van der Waals surface area contributed by atoms with Gasteiger partial charge >= 0.3 is 0 Å². The van der Waals surface area contributed by atoms with Gasteiger partial charge in [0.15, 0.2) is 5.65 Å². The topological polar surface area (TPSA) is 42.2 Å². The molecule has 4 rings (SSSR count). The van der Waals surface area contributed by atoms with Gasteiger partial charge in [0.1, 0.15) is 5.82 Å². The molecule has 0 saturated heterocycles. The van der Waals surface area contributed by atoms with Gasteiger partial charge in [-0.05, 0) is 42.2 Å². The van der Waals surface area contributed by atoms with Crippen molar-refractivity contribution in [3.05, 3.63) is 57.8 Å². The van der Waals surface area contributed by atoms with Gasteiger partial charge in [-0.1, -0.05) is 48.5 Å². The van der Waals surface area contributed by atoms with E-state index in [9.17, 15) is 0 Å². The van der Waals surface area contributed by atoms with Crippen molar-refractivity contribution in [1.29, 1.82) is 0 Å². The average molecular weight is 361 g/mol. The Labute approximate surface area is 150 Å². The number of halogens is 2. The number of fused-ring (bicyclic) bond motifs is 1. The molecule has 3 aromatic rings. The highest BCUT2D eigenvalue weighted by molar-refractivity contribution is 6.42. The molecule has 4 nitrogen and oxygen atoms in total. The highest BCUT2D eigenvalue weighted by atomic mass is 35.5. The highest BCUT2D eigenvalue weighted by Crippen LogP contribution is 2.30. The number of imidazole rings is 1. The number of aromatic nitrogens is 3. The summed E-state index contributed by atoms with van der Waals surface area (Å²) in [6, 6.07) is 9.58. The van der Waals surface area contributed by atoms with E-state index in [1.807, 2.05) is 41.0 Å². The van der Waals surface area contributed by atoms with Gasteiger partial charge in [-0.2, -0.15) is 0 Å². The van der Waals surface area contributed by atoms with Crippen LogP contribution in [0.2, 0.25) is 10.0 Å². The maximum absolute atomic E-state index is 6.06. The van der Waals surface area contributed by atoms with Crippen molar-refractivity contribution in [1.82, 2.24) is 14.6 Å². The molecule has 1 fully saturated rings. The predicted molar refractivity (Wildman–Crippen MR) is 97.8 cm³/mol. The molecule has 1 N–H and O–H groups in total. The smallest absolute Gasteiger partial charge is 0.153 e. The molecule has 24 heavy (non-hydrogen) atoms. The summed E-state index contributed by atoms with van der Waals surface area (Å²) in [6.07, 6.45) is 7.00. The van der Waals surface area contributed by atoms with Crippen molar-refractivity contribution in [2.45, 2.75) is 32.2 Å². The van der Waals surface area contributed by atoms with Gasteiger partial charge in [-0.15, -0.1) is 5.10 Å². The van der Waals surface area contributed by atoms with Crippen molar-refractivity contribution < 1.29 is 0 Å². The van der Waals surface area contributed by atoms with E-state index in [-0.39, 0.29) is 0 Å². The molecule has 1 aliphatic carbocycles. The second-order valence-electron chi connectivity index (χ2n) is 6.34. The van der Waals surface area contributed by atoms with Crippen LogP contribution in [0.3, 0.4) is 0 Å². The van der Waals surface area contributed by atoms with Gasteiger partial charge in [0.25, 0.3) is 0 Å². The third-order valence-corrected chi connectivity index (χ3v) is 5.35. The van der Waals surface area contributed by atoms with Crippen molar-refractivity contribution in [2.24, 2.45) is 5.92 Å². The van der Waals surface area contributed by atoms with E-state index in [1.165, 1.54) is 25.0 Å². The minimum Gasteiger partial charge on any atom is -0.365 e. The Morgan fingerprint density at radius 1 is 1.12 bits per heavy atom. The van der Waals surface area contributed by atoms with Crippen molar-refractivity contribution >= 4 is 34.7 Å². The molecule has 2 heterocycles. The lowest BCUT2D eigenvalue weighted by molar-refractivity contribution is 0.310. The van der Waals surface area contributed by atoms with Crippen molar-refractivity contribution in [3.63, 3.8) is 0 Å². The molecule has 0 amide bonds. The quantitative estimate of drug-likeness (QED) is 0.696. The van der Waals surface area contributed by atoms with Crippen LogP contribution in [-0.2, 0) is 13.0 Å². The predicted octanol–water partition coefficient (Wildman–Crippen LogP) is 4.99. The second kappa shape index (κ2) is 6.61. The number of rotatable bonds is 5. The van der Waals surface area contributed by atoms with Crippen molar-refractivity contribution in [2.75, 3.05) is 5.32 Å². The highest BCUT2D eigenvalue weighted by Gasteiger charge is 2.19. The van der Waals surface area contributed by atoms with Gasteiger partial charge in [-0.25, -0.2) is 9.50 Å². The molecule has 0 radical (unpaired) electrons. The SMILES string of the molecule is Clc1ccc(CNc2ccc3ncc(CC4CCC4)n3n2)cc1Cl. The van der Waals surface area contributed by atoms with Gasteiger partial charge in [0, 0.05) is 6.54 Å². The maximum Gasteiger partial charge on any atom is 0.153 e. The molecule has 1 aromatic carbocycles. The normalized spacial score (nSPS) is 14.8. The molecule has 124 valence electrons. The number of hydrogen-bond donors (Lipinski definition) is 1. The zero-order valence-electron chi connectivity index (χ0n) is 13.2. The molecular formula is C18H18Cl2N4. The Morgan fingerprint density at radius 2 is 2.00 bits per heavy atom. The van der Waals surface area contributed by atoms with E-state index in [0.717, 1.165) is 29.4 Å². The third-order valence-electron chi connectivity index (χ3n) is 4.61. The monoisotopic (exact) mass is 360 g/mol. The van der Waals surface area contributed by atoms with E-state index in [0.29, 0.717) is 16.6 Å². The van der Waals surface area contributed by atoms with E-state index in [1.54, 1.807) is 0 Å². The molecule has 2 aromatic heterocycles. The fraction of sp³-hybridized carbons (Fsp3) is 0.333. The summed E-state index contributed by atoms with van der Waals surface area (Å²) in [4.78, 5) is 4.45. The lowest BCUT2D eigenvalue weighted by Gasteiger charge is -2.24. The third kappa shape index (κ3) is 3.21. The summed E-state index contributed by atoms with van der Waals surface area (Å²) < 4.78 is 1.95. The molecule has 6 heteroatoms. The fourth-order valence-corrected chi connectivity index (χ4v) is 3.31. The summed E-state index contributed by atoms with van der Waals surface area (Å²) in [5, 5.41) is 9.16. The summed E-state index contributed by atoms with van der Waals surface area (Å²) in [7, 11) is 0. The largest absolute Gasteiger partial charge is 0.365 e. The molecule has 0 bridgehead atoms. The van der Waals surface area contributed by atoms with Crippen LogP contribution < -0.4 is 5.32 Å². The molecular weight excluding hydrogens is 343 g/mol. The second-order valence-corrected chi connectivity index (χ2v) is 7.16. The summed E-state index contributed by atoms with van der Waals surface area (Å²) in [6.45, 7) is 0.641. The Morgan fingerprint density at radius 3 is 2.75 bits per heavy atom. The van der Waals surface area contributed by atoms with Gasteiger partial charge in [0.05, 0.1) is 21.9 Å². The van der Waals surface area contributed by atoms with E-state index < -0.39 is 0 Å².